The quantitative estimate of drug-likeness (QED) is 0.687. The summed E-state index contributed by atoms with van der Waals surface area (Å²) in [6, 6.07) is 4.43. The molecular weight excluding hydrogens is 264 g/mol. The van der Waals surface area contributed by atoms with Gasteiger partial charge in [0, 0.05) is 5.56 Å². The number of imide groups is 1. The maximum Gasteiger partial charge on any atom is 0.335 e. The average Bonchev–Trinajstić information content (AvgIpc) is 2.83. The van der Waals surface area contributed by atoms with E-state index < -0.39 is 23.9 Å². The van der Waals surface area contributed by atoms with Gasteiger partial charge in [0.2, 0.25) is 0 Å². The summed E-state index contributed by atoms with van der Waals surface area (Å²) in [7, 11) is 0. The van der Waals surface area contributed by atoms with Gasteiger partial charge in [-0.15, -0.1) is 0 Å². The van der Waals surface area contributed by atoms with Crippen LogP contribution in [0.3, 0.4) is 0 Å². The summed E-state index contributed by atoms with van der Waals surface area (Å²) in [5, 5.41) is 13.3. The topological polar surface area (TPSA) is 120 Å². The van der Waals surface area contributed by atoms with Crippen molar-refractivity contribution in [3.63, 3.8) is 0 Å². The van der Waals surface area contributed by atoms with Crippen LogP contribution in [0.25, 0.3) is 0 Å². The van der Waals surface area contributed by atoms with Crippen molar-refractivity contribution in [1.82, 2.24) is 10.6 Å². The average molecular weight is 272 g/mol. The highest BCUT2D eigenvalue weighted by Gasteiger charge is 2.36. The van der Waals surface area contributed by atoms with Gasteiger partial charge in [-0.2, -0.15) is 0 Å². The molecule has 0 bridgehead atoms. The Morgan fingerprint density at radius 3 is 2.50 bits per heavy atom. The fourth-order valence-corrected chi connectivity index (χ4v) is 1.90. The fraction of sp³-hybridized carbons (Fsp3) is 0.0833. The van der Waals surface area contributed by atoms with Crippen LogP contribution in [0.4, 0.5) is 4.79 Å². The highest BCUT2D eigenvalue weighted by atomic mass is 16.4. The molecule has 0 aliphatic carbocycles. The number of nitrogens with one attached hydrogen (secondary N) is 2. The van der Waals surface area contributed by atoms with Crippen molar-refractivity contribution >= 4 is 29.6 Å². The molecule has 3 amide bonds. The molecule has 1 unspecified atom stereocenters. The summed E-state index contributed by atoms with van der Waals surface area (Å²) in [6.45, 7) is 0. The lowest BCUT2D eigenvalue weighted by atomic mass is 10.1. The standard InChI is InChI=1S/C12H8N4O4/c17-10-7-9(15-12(20)16-10)14-8(13-7)5-1-3-6(4-2-5)11(18)19/h1-4,7H,(H,18,19)(H2,13,14,15,16,17,20). The summed E-state index contributed by atoms with van der Waals surface area (Å²) < 4.78 is 0. The molecule has 20 heavy (non-hydrogen) atoms. The van der Waals surface area contributed by atoms with E-state index in [-0.39, 0.29) is 17.2 Å². The number of amidine groups is 2. The van der Waals surface area contributed by atoms with Crippen molar-refractivity contribution in [1.29, 1.82) is 0 Å². The van der Waals surface area contributed by atoms with Crippen molar-refractivity contribution in [3.05, 3.63) is 35.4 Å². The van der Waals surface area contributed by atoms with Gasteiger partial charge >= 0.3 is 12.0 Å². The summed E-state index contributed by atoms with van der Waals surface area (Å²) >= 11 is 0. The van der Waals surface area contributed by atoms with Crippen molar-refractivity contribution in [2.45, 2.75) is 6.04 Å². The summed E-state index contributed by atoms with van der Waals surface area (Å²) in [4.78, 5) is 41.7. The van der Waals surface area contributed by atoms with Gasteiger partial charge in [0.25, 0.3) is 5.91 Å². The molecule has 0 spiro atoms. The van der Waals surface area contributed by atoms with Crippen LogP contribution in [0.15, 0.2) is 34.3 Å². The van der Waals surface area contributed by atoms with Crippen molar-refractivity contribution < 1.29 is 19.5 Å². The molecule has 2 aliphatic rings. The molecule has 2 heterocycles. The Kier molecular flexibility index (Phi) is 2.56. The van der Waals surface area contributed by atoms with E-state index in [1.54, 1.807) is 12.1 Å². The molecule has 3 rings (SSSR count). The van der Waals surface area contributed by atoms with Gasteiger partial charge in [0.05, 0.1) is 5.56 Å². The molecule has 3 N–H and O–H groups in total. The Morgan fingerprint density at radius 1 is 1.15 bits per heavy atom. The number of hydrogen-bond donors (Lipinski definition) is 3. The smallest absolute Gasteiger partial charge is 0.335 e. The maximum atomic E-state index is 11.6. The van der Waals surface area contributed by atoms with Gasteiger partial charge in [0.15, 0.2) is 11.9 Å². The van der Waals surface area contributed by atoms with Gasteiger partial charge in [-0.25, -0.2) is 19.6 Å². The van der Waals surface area contributed by atoms with E-state index in [4.69, 9.17) is 5.11 Å². The number of carboxylic acid groups (broad SMARTS) is 1. The van der Waals surface area contributed by atoms with E-state index in [0.29, 0.717) is 5.56 Å². The molecule has 8 nitrogen and oxygen atoms in total. The second kappa shape index (κ2) is 4.26. The lowest BCUT2D eigenvalue weighted by molar-refractivity contribution is -0.120. The first-order valence-electron chi connectivity index (χ1n) is 5.66. The minimum atomic E-state index is -1.03. The fourth-order valence-electron chi connectivity index (χ4n) is 1.90. The number of rotatable bonds is 2. The zero-order chi connectivity index (χ0) is 14.3. The molecule has 0 aromatic heterocycles. The first kappa shape index (κ1) is 12.0. The molecule has 1 aromatic rings. The number of amides is 3. The predicted octanol–water partition coefficient (Wildman–Crippen LogP) is -0.248. The Balaban J connectivity index is 1.92. The number of carbonyl (C=O) groups excluding carboxylic acids is 2. The second-order valence-corrected chi connectivity index (χ2v) is 4.18. The molecule has 1 fully saturated rings. The van der Waals surface area contributed by atoms with Crippen LogP contribution in [0, 0.1) is 0 Å². The number of hydrogen-bond acceptors (Lipinski definition) is 5. The van der Waals surface area contributed by atoms with Crippen molar-refractivity contribution in [2.75, 3.05) is 0 Å². The van der Waals surface area contributed by atoms with Crippen LogP contribution >= 0.6 is 0 Å². The zero-order valence-electron chi connectivity index (χ0n) is 9.95. The zero-order valence-corrected chi connectivity index (χ0v) is 9.95. The number of fused-ring (bicyclic) bond motifs is 1. The highest BCUT2D eigenvalue weighted by molar-refractivity contribution is 6.27. The number of urea groups is 1. The lowest BCUT2D eigenvalue weighted by Crippen LogP contribution is -2.57. The minimum Gasteiger partial charge on any atom is -0.478 e. The molecule has 8 heteroatoms. The van der Waals surface area contributed by atoms with Crippen LogP contribution in [-0.4, -0.2) is 40.7 Å². The molecule has 1 saturated heterocycles. The number of carboxylic acids is 1. The Labute approximate surface area is 112 Å². The van der Waals surface area contributed by atoms with Crippen LogP contribution in [-0.2, 0) is 4.79 Å². The summed E-state index contributed by atoms with van der Waals surface area (Å²) in [5.74, 6) is -1.11. The Hall–Kier alpha value is -3.03. The van der Waals surface area contributed by atoms with Crippen LogP contribution < -0.4 is 10.6 Å². The monoisotopic (exact) mass is 272 g/mol. The van der Waals surface area contributed by atoms with E-state index >= 15 is 0 Å². The molecule has 1 aromatic carbocycles. The van der Waals surface area contributed by atoms with E-state index in [9.17, 15) is 14.4 Å². The van der Waals surface area contributed by atoms with Crippen molar-refractivity contribution in [3.8, 4) is 0 Å². The highest BCUT2D eigenvalue weighted by Crippen LogP contribution is 2.15. The van der Waals surface area contributed by atoms with Gasteiger partial charge in [0.1, 0.15) is 5.84 Å². The normalized spacial score (nSPS) is 20.5. The summed E-state index contributed by atoms with van der Waals surface area (Å²) in [6.07, 6.45) is 0. The predicted molar refractivity (Wildman–Crippen MR) is 67.8 cm³/mol. The third-order valence-corrected chi connectivity index (χ3v) is 2.85. The number of nitrogens with zero attached hydrogens (tertiary/aromatic N) is 2. The van der Waals surface area contributed by atoms with E-state index in [1.807, 2.05) is 0 Å². The van der Waals surface area contributed by atoms with E-state index in [0.717, 1.165) is 0 Å². The first-order chi connectivity index (χ1) is 9.54. The SMILES string of the molecule is O=C1NC(=O)C2N=C(c3ccc(C(=O)O)cc3)N=C2N1. The molecule has 0 radical (unpaired) electrons. The maximum absolute atomic E-state index is 11.6. The molecule has 2 aliphatic heterocycles. The van der Waals surface area contributed by atoms with Gasteiger partial charge < -0.3 is 5.11 Å². The Morgan fingerprint density at radius 2 is 1.85 bits per heavy atom. The number of benzene rings is 1. The van der Waals surface area contributed by atoms with Crippen LogP contribution in [0.2, 0.25) is 0 Å². The number of aliphatic imine (C=N–C) groups is 2. The number of carbonyl (C=O) groups is 3. The molecule has 0 saturated carbocycles. The Bertz CT molecular complexity index is 690. The van der Waals surface area contributed by atoms with Gasteiger partial charge in [-0.05, 0) is 12.1 Å². The van der Waals surface area contributed by atoms with Crippen LogP contribution in [0.1, 0.15) is 15.9 Å². The van der Waals surface area contributed by atoms with Gasteiger partial charge in [-0.1, -0.05) is 12.1 Å². The minimum absolute atomic E-state index is 0.142. The van der Waals surface area contributed by atoms with Gasteiger partial charge in [-0.3, -0.25) is 15.4 Å². The van der Waals surface area contributed by atoms with E-state index in [1.165, 1.54) is 12.1 Å². The molecule has 100 valence electrons. The largest absolute Gasteiger partial charge is 0.478 e. The van der Waals surface area contributed by atoms with Crippen LogP contribution in [0.5, 0.6) is 0 Å². The number of aromatic carboxylic acids is 1. The molecular formula is C12H8N4O4. The first-order valence-corrected chi connectivity index (χ1v) is 5.66. The van der Waals surface area contributed by atoms with Crippen molar-refractivity contribution in [2.24, 2.45) is 9.98 Å². The molecule has 1 atom stereocenters. The summed E-state index contributed by atoms with van der Waals surface area (Å²) in [5.41, 5.74) is 0.711. The van der Waals surface area contributed by atoms with E-state index in [2.05, 4.69) is 20.6 Å². The third kappa shape index (κ3) is 1.92. The second-order valence-electron chi connectivity index (χ2n) is 4.18. The lowest BCUT2D eigenvalue weighted by Gasteiger charge is -2.16. The third-order valence-electron chi connectivity index (χ3n) is 2.85.